The van der Waals surface area contributed by atoms with Gasteiger partial charge in [0.25, 0.3) is 5.69 Å². The standard InChI is InChI=1S/C14H21N3O3/c1-3-12-10-20-6-5-16(12)13-7-11(15-4-2)8-14(9-13)17(18)19/h7-9,12,15H,3-6,10H2,1-2H3. The van der Waals surface area contributed by atoms with Crippen molar-refractivity contribution in [1.29, 1.82) is 0 Å². The van der Waals surface area contributed by atoms with E-state index < -0.39 is 0 Å². The number of nitro benzene ring substituents is 1. The first kappa shape index (κ1) is 14.6. The molecule has 1 aromatic rings. The van der Waals surface area contributed by atoms with Crippen molar-refractivity contribution in [2.45, 2.75) is 26.3 Å². The molecule has 0 aliphatic carbocycles. The number of nitrogens with one attached hydrogen (secondary N) is 1. The monoisotopic (exact) mass is 279 g/mol. The zero-order chi connectivity index (χ0) is 14.5. The quantitative estimate of drug-likeness (QED) is 0.663. The molecule has 6 heteroatoms. The first-order chi connectivity index (χ1) is 9.65. The zero-order valence-corrected chi connectivity index (χ0v) is 12.0. The van der Waals surface area contributed by atoms with E-state index in [0.717, 1.165) is 30.9 Å². The summed E-state index contributed by atoms with van der Waals surface area (Å²) in [5.74, 6) is 0. The molecule has 1 aliphatic heterocycles. The maximum atomic E-state index is 11.1. The third-order valence-electron chi connectivity index (χ3n) is 3.52. The van der Waals surface area contributed by atoms with Crippen molar-refractivity contribution in [3.05, 3.63) is 28.3 Å². The van der Waals surface area contributed by atoms with Gasteiger partial charge in [0.05, 0.1) is 24.2 Å². The Hall–Kier alpha value is -1.82. The van der Waals surface area contributed by atoms with E-state index in [2.05, 4.69) is 17.1 Å². The highest BCUT2D eigenvalue weighted by atomic mass is 16.6. The zero-order valence-electron chi connectivity index (χ0n) is 12.0. The van der Waals surface area contributed by atoms with Crippen LogP contribution in [0.2, 0.25) is 0 Å². The lowest BCUT2D eigenvalue weighted by Crippen LogP contribution is -2.45. The summed E-state index contributed by atoms with van der Waals surface area (Å²) in [4.78, 5) is 12.9. The van der Waals surface area contributed by atoms with E-state index in [1.54, 1.807) is 12.1 Å². The maximum Gasteiger partial charge on any atom is 0.273 e. The number of hydrogen-bond donors (Lipinski definition) is 1. The number of morpholine rings is 1. The van der Waals surface area contributed by atoms with Crippen LogP contribution in [0.4, 0.5) is 17.1 Å². The van der Waals surface area contributed by atoms with Gasteiger partial charge in [-0.05, 0) is 19.4 Å². The molecule has 1 fully saturated rings. The number of hydrogen-bond acceptors (Lipinski definition) is 5. The van der Waals surface area contributed by atoms with Gasteiger partial charge < -0.3 is 15.0 Å². The summed E-state index contributed by atoms with van der Waals surface area (Å²) in [6, 6.07) is 5.48. The van der Waals surface area contributed by atoms with Crippen molar-refractivity contribution < 1.29 is 9.66 Å². The molecule has 0 spiro atoms. The molecule has 1 N–H and O–H groups in total. The van der Waals surface area contributed by atoms with Crippen LogP contribution in [0.15, 0.2) is 18.2 Å². The normalized spacial score (nSPS) is 18.9. The van der Waals surface area contributed by atoms with Gasteiger partial charge in [0, 0.05) is 36.6 Å². The summed E-state index contributed by atoms with van der Waals surface area (Å²) in [6.45, 7) is 6.93. The topological polar surface area (TPSA) is 67.6 Å². The Kier molecular flexibility index (Phi) is 4.79. The molecule has 1 heterocycles. The molecule has 1 saturated heterocycles. The van der Waals surface area contributed by atoms with Gasteiger partial charge in [-0.2, -0.15) is 0 Å². The fourth-order valence-corrected chi connectivity index (χ4v) is 2.51. The summed E-state index contributed by atoms with van der Waals surface area (Å²) >= 11 is 0. The Morgan fingerprint density at radius 1 is 1.45 bits per heavy atom. The molecular weight excluding hydrogens is 258 g/mol. The van der Waals surface area contributed by atoms with Gasteiger partial charge in [-0.3, -0.25) is 10.1 Å². The third kappa shape index (κ3) is 3.19. The molecule has 0 amide bonds. The number of nitro groups is 1. The number of nitrogens with zero attached hydrogens (tertiary/aromatic N) is 2. The number of rotatable bonds is 5. The van der Waals surface area contributed by atoms with Crippen LogP contribution in [-0.4, -0.2) is 37.3 Å². The average Bonchev–Trinajstić information content (AvgIpc) is 2.47. The van der Waals surface area contributed by atoms with Gasteiger partial charge in [0.15, 0.2) is 0 Å². The molecule has 0 bridgehead atoms. The summed E-state index contributed by atoms with van der Waals surface area (Å²) in [5.41, 5.74) is 1.81. The summed E-state index contributed by atoms with van der Waals surface area (Å²) in [7, 11) is 0. The molecule has 1 aliphatic rings. The lowest BCUT2D eigenvalue weighted by Gasteiger charge is -2.37. The molecule has 0 radical (unpaired) electrons. The highest BCUT2D eigenvalue weighted by Gasteiger charge is 2.23. The average molecular weight is 279 g/mol. The molecule has 20 heavy (non-hydrogen) atoms. The Morgan fingerprint density at radius 3 is 2.90 bits per heavy atom. The highest BCUT2D eigenvalue weighted by molar-refractivity contribution is 5.65. The van der Waals surface area contributed by atoms with Gasteiger partial charge >= 0.3 is 0 Å². The number of benzene rings is 1. The van der Waals surface area contributed by atoms with Gasteiger partial charge in [-0.25, -0.2) is 0 Å². The van der Waals surface area contributed by atoms with Crippen molar-refractivity contribution in [3.63, 3.8) is 0 Å². The molecule has 1 unspecified atom stereocenters. The van der Waals surface area contributed by atoms with Crippen LogP contribution >= 0.6 is 0 Å². The SMILES string of the molecule is CCNc1cc(N2CCOCC2CC)cc([N+](=O)[O-])c1. The fourth-order valence-electron chi connectivity index (χ4n) is 2.51. The minimum Gasteiger partial charge on any atom is -0.385 e. The maximum absolute atomic E-state index is 11.1. The van der Waals surface area contributed by atoms with Crippen molar-refractivity contribution in [2.75, 3.05) is 36.5 Å². The van der Waals surface area contributed by atoms with Gasteiger partial charge in [0.2, 0.25) is 0 Å². The minimum atomic E-state index is -0.342. The second-order valence-electron chi connectivity index (χ2n) is 4.86. The van der Waals surface area contributed by atoms with Crippen molar-refractivity contribution in [2.24, 2.45) is 0 Å². The van der Waals surface area contributed by atoms with Crippen LogP contribution in [-0.2, 0) is 4.74 Å². The number of ether oxygens (including phenoxy) is 1. The van der Waals surface area contributed by atoms with Crippen LogP contribution in [0, 0.1) is 10.1 Å². The highest BCUT2D eigenvalue weighted by Crippen LogP contribution is 2.29. The summed E-state index contributed by atoms with van der Waals surface area (Å²) in [5, 5.41) is 14.2. The van der Waals surface area contributed by atoms with Crippen molar-refractivity contribution in [3.8, 4) is 0 Å². The Bertz CT molecular complexity index is 479. The smallest absolute Gasteiger partial charge is 0.273 e. The minimum absolute atomic E-state index is 0.125. The van der Waals surface area contributed by atoms with Crippen molar-refractivity contribution >= 4 is 17.1 Å². The molecule has 0 aromatic heterocycles. The van der Waals surface area contributed by atoms with Crippen LogP contribution in [0.1, 0.15) is 20.3 Å². The Balaban J connectivity index is 2.35. The molecule has 2 rings (SSSR count). The van der Waals surface area contributed by atoms with E-state index in [-0.39, 0.29) is 16.7 Å². The van der Waals surface area contributed by atoms with E-state index in [4.69, 9.17) is 4.74 Å². The van der Waals surface area contributed by atoms with Gasteiger partial charge in [-0.15, -0.1) is 0 Å². The number of anilines is 2. The third-order valence-corrected chi connectivity index (χ3v) is 3.52. The van der Waals surface area contributed by atoms with Crippen LogP contribution in [0.25, 0.3) is 0 Å². The Labute approximate surface area is 118 Å². The molecule has 6 nitrogen and oxygen atoms in total. The second kappa shape index (κ2) is 6.56. The molecular formula is C14H21N3O3. The first-order valence-electron chi connectivity index (χ1n) is 7.03. The first-order valence-corrected chi connectivity index (χ1v) is 7.03. The van der Waals surface area contributed by atoms with Gasteiger partial charge in [-0.1, -0.05) is 6.92 Å². The van der Waals surface area contributed by atoms with E-state index >= 15 is 0 Å². The Morgan fingerprint density at radius 2 is 2.25 bits per heavy atom. The van der Waals surface area contributed by atoms with Crippen molar-refractivity contribution in [1.82, 2.24) is 0 Å². The van der Waals surface area contributed by atoms with E-state index in [1.165, 1.54) is 0 Å². The molecule has 1 atom stereocenters. The predicted octanol–water partition coefficient (Wildman–Crippen LogP) is 2.64. The second-order valence-corrected chi connectivity index (χ2v) is 4.86. The predicted molar refractivity (Wildman–Crippen MR) is 79.5 cm³/mol. The van der Waals surface area contributed by atoms with E-state index in [9.17, 15) is 10.1 Å². The number of non-ortho nitro benzene ring substituents is 1. The fraction of sp³-hybridized carbons (Fsp3) is 0.571. The van der Waals surface area contributed by atoms with Crippen LogP contribution < -0.4 is 10.2 Å². The van der Waals surface area contributed by atoms with E-state index in [0.29, 0.717) is 13.2 Å². The van der Waals surface area contributed by atoms with Gasteiger partial charge in [0.1, 0.15) is 0 Å². The largest absolute Gasteiger partial charge is 0.385 e. The summed E-state index contributed by atoms with van der Waals surface area (Å²) in [6.07, 6.45) is 0.958. The van der Waals surface area contributed by atoms with Crippen LogP contribution in [0.3, 0.4) is 0 Å². The summed E-state index contributed by atoms with van der Waals surface area (Å²) < 4.78 is 5.49. The molecule has 1 aromatic carbocycles. The lowest BCUT2D eigenvalue weighted by atomic mass is 10.1. The molecule has 110 valence electrons. The van der Waals surface area contributed by atoms with Crippen LogP contribution in [0.5, 0.6) is 0 Å². The molecule has 0 saturated carbocycles. The van der Waals surface area contributed by atoms with E-state index in [1.807, 2.05) is 13.0 Å². The lowest BCUT2D eigenvalue weighted by molar-refractivity contribution is -0.384.